The molecule has 6 heteroatoms. The number of benzene rings is 2. The van der Waals surface area contributed by atoms with Gasteiger partial charge in [0, 0.05) is 18.4 Å². The van der Waals surface area contributed by atoms with Crippen molar-refractivity contribution in [3.8, 4) is 5.75 Å². The van der Waals surface area contributed by atoms with Crippen molar-refractivity contribution >= 4 is 28.5 Å². The fourth-order valence-electron chi connectivity index (χ4n) is 7.24. The van der Waals surface area contributed by atoms with Crippen molar-refractivity contribution in [1.29, 1.82) is 0 Å². The third-order valence-electron chi connectivity index (χ3n) is 8.30. The van der Waals surface area contributed by atoms with Gasteiger partial charge in [0.15, 0.2) is 0 Å². The third-order valence-corrected chi connectivity index (χ3v) is 8.61. The molecular formula is C28H32ClN3O2. The van der Waals surface area contributed by atoms with Crippen LogP contribution in [0.4, 0.5) is 0 Å². The van der Waals surface area contributed by atoms with Gasteiger partial charge in [-0.1, -0.05) is 35.9 Å². The molecule has 3 aromatic rings. The number of imidazole rings is 1. The molecule has 4 bridgehead atoms. The third kappa shape index (κ3) is 4.08. The molecule has 0 atom stereocenters. The normalized spacial score (nSPS) is 27.3. The molecule has 4 fully saturated rings. The van der Waals surface area contributed by atoms with Crippen LogP contribution in [0.1, 0.15) is 44.3 Å². The van der Waals surface area contributed by atoms with Crippen molar-refractivity contribution in [2.75, 3.05) is 13.2 Å². The number of ether oxygens (including phenoxy) is 1. The highest BCUT2D eigenvalue weighted by Crippen LogP contribution is 2.60. The Morgan fingerprint density at radius 2 is 1.71 bits per heavy atom. The first-order chi connectivity index (χ1) is 16.6. The number of aromatic nitrogens is 2. The number of para-hydroxylation sites is 3. The topological polar surface area (TPSA) is 56.2 Å². The first kappa shape index (κ1) is 22.0. The number of halogens is 1. The van der Waals surface area contributed by atoms with Crippen LogP contribution in [0, 0.1) is 23.2 Å². The van der Waals surface area contributed by atoms with E-state index >= 15 is 0 Å². The lowest BCUT2D eigenvalue weighted by atomic mass is 9.49. The van der Waals surface area contributed by atoms with Gasteiger partial charge < -0.3 is 14.6 Å². The highest BCUT2D eigenvalue weighted by molar-refractivity contribution is 6.32. The molecule has 1 heterocycles. The Hall–Kier alpha value is -2.53. The minimum Gasteiger partial charge on any atom is -0.490 e. The Kier molecular flexibility index (Phi) is 5.76. The van der Waals surface area contributed by atoms with Gasteiger partial charge in [0.2, 0.25) is 5.91 Å². The van der Waals surface area contributed by atoms with E-state index in [4.69, 9.17) is 21.3 Å². The molecule has 34 heavy (non-hydrogen) atoms. The van der Waals surface area contributed by atoms with Crippen LogP contribution in [-0.4, -0.2) is 28.6 Å². The van der Waals surface area contributed by atoms with Crippen LogP contribution in [0.5, 0.6) is 5.75 Å². The molecule has 0 saturated heterocycles. The first-order valence-electron chi connectivity index (χ1n) is 12.7. The number of carbonyl (C=O) groups is 1. The number of hydrogen-bond donors (Lipinski definition) is 1. The van der Waals surface area contributed by atoms with E-state index in [9.17, 15) is 4.79 Å². The molecule has 5 nitrogen and oxygen atoms in total. The summed E-state index contributed by atoms with van der Waals surface area (Å²) in [4.78, 5) is 18.2. The van der Waals surface area contributed by atoms with Gasteiger partial charge in [-0.15, -0.1) is 0 Å². The van der Waals surface area contributed by atoms with Gasteiger partial charge in [-0.05, 0) is 80.5 Å². The number of nitrogens with one attached hydrogen (secondary N) is 1. The lowest BCUT2D eigenvalue weighted by Crippen LogP contribution is -2.53. The number of hydrogen-bond acceptors (Lipinski definition) is 3. The second kappa shape index (κ2) is 8.92. The van der Waals surface area contributed by atoms with Crippen LogP contribution in [-0.2, 0) is 17.8 Å². The Morgan fingerprint density at radius 1 is 1.03 bits per heavy atom. The van der Waals surface area contributed by atoms with Crippen molar-refractivity contribution in [2.24, 2.45) is 23.2 Å². The zero-order valence-corrected chi connectivity index (χ0v) is 20.3. The van der Waals surface area contributed by atoms with Crippen molar-refractivity contribution in [2.45, 2.75) is 51.5 Å². The van der Waals surface area contributed by atoms with Crippen LogP contribution in [0.2, 0.25) is 5.02 Å². The maximum absolute atomic E-state index is 13.3. The molecular weight excluding hydrogens is 446 g/mol. The van der Waals surface area contributed by atoms with Crippen molar-refractivity contribution < 1.29 is 9.53 Å². The molecule has 4 aliphatic carbocycles. The van der Waals surface area contributed by atoms with Crippen molar-refractivity contribution in [3.63, 3.8) is 0 Å². The molecule has 0 radical (unpaired) electrons. The Morgan fingerprint density at radius 3 is 2.44 bits per heavy atom. The molecule has 0 aliphatic heterocycles. The van der Waals surface area contributed by atoms with Gasteiger partial charge in [-0.2, -0.15) is 0 Å². The predicted molar refractivity (Wildman–Crippen MR) is 134 cm³/mol. The summed E-state index contributed by atoms with van der Waals surface area (Å²) in [6.45, 7) is 1.79. The molecule has 4 saturated carbocycles. The van der Waals surface area contributed by atoms with E-state index in [1.165, 1.54) is 19.3 Å². The molecule has 1 amide bonds. The van der Waals surface area contributed by atoms with Gasteiger partial charge in [0.05, 0.1) is 22.6 Å². The number of fused-ring (bicyclic) bond motifs is 1. The largest absolute Gasteiger partial charge is 0.490 e. The number of carbonyl (C=O) groups excluding carboxylic acids is 1. The van der Waals surface area contributed by atoms with E-state index in [0.29, 0.717) is 36.9 Å². The summed E-state index contributed by atoms with van der Waals surface area (Å²) in [5.74, 6) is 4.29. The summed E-state index contributed by atoms with van der Waals surface area (Å²) in [6, 6.07) is 15.7. The molecule has 0 spiro atoms. The average molecular weight is 478 g/mol. The van der Waals surface area contributed by atoms with Crippen LogP contribution < -0.4 is 10.1 Å². The minimum atomic E-state index is -0.0995. The standard InChI is InChI=1S/C28H32ClN3O2/c29-22-5-1-4-8-25(22)34-12-11-32-24-7-3-2-6-23(24)31-26(32)9-10-30-27(33)28-16-19-13-20(17-28)15-21(14-19)18-28/h1-8,19-21H,9-18H2,(H,30,33). The molecule has 7 rings (SSSR count). The van der Waals surface area contributed by atoms with Crippen LogP contribution in [0.3, 0.4) is 0 Å². The average Bonchev–Trinajstić information content (AvgIpc) is 3.17. The maximum atomic E-state index is 13.3. The fraction of sp³-hybridized carbons (Fsp3) is 0.500. The Balaban J connectivity index is 1.12. The summed E-state index contributed by atoms with van der Waals surface area (Å²) in [6.07, 6.45) is 8.07. The first-order valence-corrected chi connectivity index (χ1v) is 13.1. The van der Waals surface area contributed by atoms with Gasteiger partial charge >= 0.3 is 0 Å². The van der Waals surface area contributed by atoms with Gasteiger partial charge in [0.1, 0.15) is 18.2 Å². The monoisotopic (exact) mass is 477 g/mol. The summed E-state index contributed by atoms with van der Waals surface area (Å²) in [7, 11) is 0. The summed E-state index contributed by atoms with van der Waals surface area (Å²) < 4.78 is 8.16. The number of nitrogens with zero attached hydrogens (tertiary/aromatic N) is 2. The van der Waals surface area contributed by atoms with Gasteiger partial charge in [-0.25, -0.2) is 4.98 Å². The van der Waals surface area contributed by atoms with E-state index in [0.717, 1.165) is 53.9 Å². The highest BCUT2D eigenvalue weighted by Gasteiger charge is 2.54. The number of rotatable bonds is 8. The zero-order valence-electron chi connectivity index (χ0n) is 19.5. The van der Waals surface area contributed by atoms with E-state index in [1.807, 2.05) is 42.5 Å². The van der Waals surface area contributed by atoms with Crippen molar-refractivity contribution in [1.82, 2.24) is 14.9 Å². The maximum Gasteiger partial charge on any atom is 0.226 e. The Bertz CT molecular complexity index is 1170. The number of amides is 1. The summed E-state index contributed by atoms with van der Waals surface area (Å²) in [5, 5.41) is 3.92. The SMILES string of the molecule is O=C(NCCc1nc2ccccc2n1CCOc1ccccc1Cl)C12CC3CC(CC(C3)C1)C2. The molecule has 178 valence electrons. The second-order valence-electron chi connectivity index (χ2n) is 10.7. The van der Waals surface area contributed by atoms with Gasteiger partial charge in [0.25, 0.3) is 0 Å². The van der Waals surface area contributed by atoms with Crippen LogP contribution in [0.15, 0.2) is 48.5 Å². The smallest absolute Gasteiger partial charge is 0.226 e. The van der Waals surface area contributed by atoms with Crippen LogP contribution in [0.25, 0.3) is 11.0 Å². The van der Waals surface area contributed by atoms with Crippen molar-refractivity contribution in [3.05, 3.63) is 59.4 Å². The minimum absolute atomic E-state index is 0.0995. The lowest BCUT2D eigenvalue weighted by molar-refractivity contribution is -0.146. The van der Waals surface area contributed by atoms with E-state index in [-0.39, 0.29) is 11.3 Å². The quantitative estimate of drug-likeness (QED) is 0.456. The van der Waals surface area contributed by atoms with Gasteiger partial charge in [-0.3, -0.25) is 4.79 Å². The van der Waals surface area contributed by atoms with E-state index in [1.54, 1.807) is 0 Å². The molecule has 2 aromatic carbocycles. The highest BCUT2D eigenvalue weighted by atomic mass is 35.5. The van der Waals surface area contributed by atoms with E-state index in [2.05, 4.69) is 16.0 Å². The molecule has 1 N–H and O–H groups in total. The van der Waals surface area contributed by atoms with Crippen LogP contribution >= 0.6 is 11.6 Å². The Labute approximate surface area is 205 Å². The predicted octanol–water partition coefficient (Wildman–Crippen LogP) is 5.64. The lowest BCUT2D eigenvalue weighted by Gasteiger charge is -2.55. The summed E-state index contributed by atoms with van der Waals surface area (Å²) in [5.41, 5.74) is 1.97. The molecule has 0 unspecified atom stereocenters. The second-order valence-corrected chi connectivity index (χ2v) is 11.1. The van der Waals surface area contributed by atoms with E-state index < -0.39 is 0 Å². The fourth-order valence-corrected chi connectivity index (χ4v) is 7.43. The molecule has 4 aliphatic rings. The zero-order chi connectivity index (χ0) is 23.1. The molecule has 1 aromatic heterocycles. The summed E-state index contributed by atoms with van der Waals surface area (Å²) >= 11 is 6.24.